The van der Waals surface area contributed by atoms with E-state index in [1.807, 2.05) is 17.5 Å². The largest absolute Gasteiger partial charge is 0.479 e. The van der Waals surface area contributed by atoms with Crippen LogP contribution in [0.5, 0.6) is 0 Å². The lowest BCUT2D eigenvalue weighted by Crippen LogP contribution is -2.48. The summed E-state index contributed by atoms with van der Waals surface area (Å²) < 4.78 is 5.05. The summed E-state index contributed by atoms with van der Waals surface area (Å²) in [5.41, 5.74) is 0. The fraction of sp³-hybridized carbons (Fsp3) is 0.333. The van der Waals surface area contributed by atoms with Crippen molar-refractivity contribution in [3.8, 4) is 0 Å². The van der Waals surface area contributed by atoms with E-state index in [0.717, 1.165) is 4.88 Å². The first-order valence-electron chi connectivity index (χ1n) is 5.52. The number of nitrogens with zero attached hydrogens (tertiary/aromatic N) is 1. The Hall–Kier alpha value is -1.66. The summed E-state index contributed by atoms with van der Waals surface area (Å²) >= 11 is 1.54. The molecule has 1 aromatic heterocycles. The Kier molecular flexibility index (Phi) is 4.11. The van der Waals surface area contributed by atoms with Crippen molar-refractivity contribution < 1.29 is 19.4 Å². The SMILES string of the molecule is O=C(O)C1CN(C(=O)/C=C/c2cccs2)CCO1. The lowest BCUT2D eigenvalue weighted by atomic mass is 10.2. The van der Waals surface area contributed by atoms with E-state index in [1.54, 1.807) is 17.4 Å². The standard InChI is InChI=1S/C12H13NO4S/c14-11(4-3-9-2-1-7-18-9)13-5-6-17-10(8-13)12(15)16/h1-4,7,10H,5-6,8H2,(H,15,16)/b4-3+. The van der Waals surface area contributed by atoms with Gasteiger partial charge in [0.25, 0.3) is 0 Å². The molecular formula is C12H13NO4S. The van der Waals surface area contributed by atoms with Crippen LogP contribution in [0.4, 0.5) is 0 Å². The normalized spacial score (nSPS) is 20.2. The maximum Gasteiger partial charge on any atom is 0.334 e. The second kappa shape index (κ2) is 5.79. The van der Waals surface area contributed by atoms with Crippen LogP contribution in [0.3, 0.4) is 0 Å². The quantitative estimate of drug-likeness (QED) is 0.832. The average molecular weight is 267 g/mol. The Labute approximate surface area is 108 Å². The molecule has 0 saturated carbocycles. The Morgan fingerprint density at radius 1 is 1.56 bits per heavy atom. The van der Waals surface area contributed by atoms with Gasteiger partial charge in [-0.2, -0.15) is 0 Å². The first-order valence-corrected chi connectivity index (χ1v) is 6.39. The summed E-state index contributed by atoms with van der Waals surface area (Å²) in [5, 5.41) is 10.8. The molecule has 0 bridgehead atoms. The number of ether oxygens (including phenoxy) is 1. The third kappa shape index (κ3) is 3.18. The summed E-state index contributed by atoms with van der Waals surface area (Å²) in [6, 6.07) is 3.82. The lowest BCUT2D eigenvalue weighted by Gasteiger charge is -2.30. The highest BCUT2D eigenvalue weighted by Crippen LogP contribution is 2.11. The number of rotatable bonds is 3. The van der Waals surface area contributed by atoms with Gasteiger partial charge in [-0.3, -0.25) is 4.79 Å². The highest BCUT2D eigenvalue weighted by Gasteiger charge is 2.27. The molecule has 0 aromatic carbocycles. The predicted octanol–water partition coefficient (Wildman–Crippen LogP) is 1.07. The second-order valence-electron chi connectivity index (χ2n) is 3.83. The molecule has 1 unspecified atom stereocenters. The summed E-state index contributed by atoms with van der Waals surface area (Å²) in [6.07, 6.45) is 2.28. The molecule has 2 heterocycles. The minimum Gasteiger partial charge on any atom is -0.479 e. The Morgan fingerprint density at radius 2 is 2.39 bits per heavy atom. The molecule has 1 saturated heterocycles. The topological polar surface area (TPSA) is 66.8 Å². The van der Waals surface area contributed by atoms with E-state index in [4.69, 9.17) is 9.84 Å². The first kappa shape index (κ1) is 12.8. The van der Waals surface area contributed by atoms with Crippen molar-refractivity contribution in [1.82, 2.24) is 4.90 Å². The van der Waals surface area contributed by atoms with Crippen molar-refractivity contribution in [1.29, 1.82) is 0 Å². The number of aliphatic carboxylic acids is 1. The van der Waals surface area contributed by atoms with Crippen molar-refractivity contribution in [2.24, 2.45) is 0 Å². The van der Waals surface area contributed by atoms with E-state index >= 15 is 0 Å². The fourth-order valence-electron chi connectivity index (χ4n) is 1.64. The summed E-state index contributed by atoms with van der Waals surface area (Å²) in [5.74, 6) is -1.22. The predicted molar refractivity (Wildman–Crippen MR) is 67.3 cm³/mol. The van der Waals surface area contributed by atoms with Gasteiger partial charge in [-0.25, -0.2) is 4.79 Å². The minimum absolute atomic E-state index is 0.100. The number of amides is 1. The van der Waals surface area contributed by atoms with Crippen molar-refractivity contribution >= 4 is 29.3 Å². The van der Waals surface area contributed by atoms with Crippen LogP contribution in [0.1, 0.15) is 4.88 Å². The highest BCUT2D eigenvalue weighted by atomic mass is 32.1. The van der Waals surface area contributed by atoms with Gasteiger partial charge in [0.05, 0.1) is 13.2 Å². The summed E-state index contributed by atoms with van der Waals surface area (Å²) in [4.78, 5) is 25.1. The maximum atomic E-state index is 11.9. The first-order chi connectivity index (χ1) is 8.66. The zero-order valence-electron chi connectivity index (χ0n) is 9.61. The molecule has 96 valence electrons. The van der Waals surface area contributed by atoms with Crippen molar-refractivity contribution in [3.63, 3.8) is 0 Å². The smallest absolute Gasteiger partial charge is 0.334 e. The van der Waals surface area contributed by atoms with E-state index in [9.17, 15) is 9.59 Å². The molecule has 2 rings (SSSR count). The molecule has 0 spiro atoms. The zero-order chi connectivity index (χ0) is 13.0. The van der Waals surface area contributed by atoms with E-state index in [2.05, 4.69) is 0 Å². The van der Waals surface area contributed by atoms with Crippen LogP contribution in [0, 0.1) is 0 Å². The van der Waals surface area contributed by atoms with Crippen molar-refractivity contribution in [2.75, 3.05) is 19.7 Å². The molecule has 1 N–H and O–H groups in total. The van der Waals surface area contributed by atoms with Gasteiger partial charge < -0.3 is 14.7 Å². The third-order valence-electron chi connectivity index (χ3n) is 2.59. The Bertz CT molecular complexity index is 455. The van der Waals surface area contributed by atoms with Gasteiger partial charge in [-0.05, 0) is 17.5 Å². The maximum absolute atomic E-state index is 11.9. The third-order valence-corrected chi connectivity index (χ3v) is 3.42. The Balaban J connectivity index is 1.94. The fourth-order valence-corrected chi connectivity index (χ4v) is 2.26. The zero-order valence-corrected chi connectivity index (χ0v) is 10.4. The number of carboxylic acids is 1. The molecule has 0 aliphatic carbocycles. The molecule has 1 atom stereocenters. The number of carboxylic acid groups (broad SMARTS) is 1. The number of hydrogen-bond acceptors (Lipinski definition) is 4. The monoisotopic (exact) mass is 267 g/mol. The van der Waals surface area contributed by atoms with E-state index < -0.39 is 12.1 Å². The van der Waals surface area contributed by atoms with Gasteiger partial charge in [-0.1, -0.05) is 6.07 Å². The van der Waals surface area contributed by atoms with E-state index in [-0.39, 0.29) is 19.1 Å². The van der Waals surface area contributed by atoms with Gasteiger partial charge in [0.15, 0.2) is 6.10 Å². The molecule has 0 radical (unpaired) electrons. The van der Waals surface area contributed by atoms with Crippen molar-refractivity contribution in [2.45, 2.75) is 6.10 Å². The highest BCUT2D eigenvalue weighted by molar-refractivity contribution is 7.10. The minimum atomic E-state index is -1.03. The molecule has 1 aromatic rings. The lowest BCUT2D eigenvalue weighted by molar-refractivity contribution is -0.158. The molecule has 6 heteroatoms. The van der Waals surface area contributed by atoms with Gasteiger partial charge in [-0.15, -0.1) is 11.3 Å². The van der Waals surface area contributed by atoms with E-state index in [0.29, 0.717) is 6.54 Å². The number of carbonyl (C=O) groups excluding carboxylic acids is 1. The molecular weight excluding hydrogens is 254 g/mol. The second-order valence-corrected chi connectivity index (χ2v) is 4.81. The van der Waals surface area contributed by atoms with Crippen LogP contribution < -0.4 is 0 Å². The molecule has 1 fully saturated rings. The summed E-state index contributed by atoms with van der Waals surface area (Å²) in [6.45, 7) is 0.788. The number of thiophene rings is 1. The van der Waals surface area contributed by atoms with E-state index in [1.165, 1.54) is 11.0 Å². The Morgan fingerprint density at radius 3 is 3.06 bits per heavy atom. The number of morpholine rings is 1. The van der Waals surface area contributed by atoms with Crippen LogP contribution in [0.25, 0.3) is 6.08 Å². The summed E-state index contributed by atoms with van der Waals surface area (Å²) in [7, 11) is 0. The van der Waals surface area contributed by atoms with Gasteiger partial charge in [0, 0.05) is 17.5 Å². The van der Waals surface area contributed by atoms with Gasteiger partial charge in [0.1, 0.15) is 0 Å². The van der Waals surface area contributed by atoms with Crippen LogP contribution in [0.15, 0.2) is 23.6 Å². The van der Waals surface area contributed by atoms with Crippen LogP contribution in [-0.4, -0.2) is 47.7 Å². The molecule has 5 nitrogen and oxygen atoms in total. The van der Waals surface area contributed by atoms with Gasteiger partial charge >= 0.3 is 5.97 Å². The van der Waals surface area contributed by atoms with Crippen LogP contribution >= 0.6 is 11.3 Å². The van der Waals surface area contributed by atoms with Crippen LogP contribution in [0.2, 0.25) is 0 Å². The molecule has 18 heavy (non-hydrogen) atoms. The molecule has 1 amide bonds. The van der Waals surface area contributed by atoms with Crippen LogP contribution in [-0.2, 0) is 14.3 Å². The number of hydrogen-bond donors (Lipinski definition) is 1. The van der Waals surface area contributed by atoms with Crippen molar-refractivity contribution in [3.05, 3.63) is 28.5 Å². The number of carbonyl (C=O) groups is 2. The average Bonchev–Trinajstić information content (AvgIpc) is 2.89. The molecule has 1 aliphatic heterocycles. The van der Waals surface area contributed by atoms with Gasteiger partial charge in [0.2, 0.25) is 5.91 Å². The molecule has 1 aliphatic rings.